The number of nitrogens with zero attached hydrogens (tertiary/aromatic N) is 1. The van der Waals surface area contributed by atoms with Crippen molar-refractivity contribution in [2.75, 3.05) is 38.2 Å². The van der Waals surface area contributed by atoms with Crippen molar-refractivity contribution in [2.24, 2.45) is 0 Å². The highest BCUT2D eigenvalue weighted by Gasteiger charge is 2.33. The standard InChI is InChI=1S/C38H49N3O6/c1-38(2)45-28-32-26-31(18-19-34(32)47-38)35-27-41(37(43)46-35)22-9-3-4-10-23-44-24-11-8-13-29-14-12-15-30(25-29)20-21-39-36(42)40-33-16-6-5-7-17-33/h5-7,12,14-19,25-26,35H,3-4,8-11,13,20-24,27-28H2,1-2H3,(H2,39,40,42)/t35-/m0/s1. The minimum absolute atomic E-state index is 0.187. The number of ether oxygens (including phenoxy) is 4. The van der Waals surface area contributed by atoms with Crippen molar-refractivity contribution in [3.8, 4) is 5.75 Å². The summed E-state index contributed by atoms with van der Waals surface area (Å²) in [5.41, 5.74) is 5.29. The number of para-hydroxylation sites is 1. The summed E-state index contributed by atoms with van der Waals surface area (Å²) < 4.78 is 23.2. The van der Waals surface area contributed by atoms with Gasteiger partial charge in [0, 0.05) is 51.4 Å². The molecule has 252 valence electrons. The van der Waals surface area contributed by atoms with Crippen molar-refractivity contribution in [2.45, 2.75) is 83.7 Å². The number of carbonyl (C=O) groups excluding carboxylic acids is 2. The molecule has 3 aromatic rings. The fourth-order valence-electron chi connectivity index (χ4n) is 5.88. The van der Waals surface area contributed by atoms with Gasteiger partial charge in [0.25, 0.3) is 0 Å². The van der Waals surface area contributed by atoms with Gasteiger partial charge in [-0.1, -0.05) is 61.4 Å². The first-order valence-corrected chi connectivity index (χ1v) is 17.0. The number of aryl methyl sites for hydroxylation is 1. The predicted molar refractivity (Wildman–Crippen MR) is 183 cm³/mol. The lowest BCUT2D eigenvalue weighted by atomic mass is 10.0. The molecule has 0 unspecified atom stereocenters. The van der Waals surface area contributed by atoms with Crippen LogP contribution in [0, 0.1) is 0 Å². The molecular formula is C38H49N3O6. The van der Waals surface area contributed by atoms with Crippen molar-refractivity contribution in [3.05, 3.63) is 95.1 Å². The Morgan fingerprint density at radius 2 is 1.66 bits per heavy atom. The van der Waals surface area contributed by atoms with E-state index in [-0.39, 0.29) is 18.2 Å². The lowest BCUT2D eigenvalue weighted by molar-refractivity contribution is -0.180. The topological polar surface area (TPSA) is 98.4 Å². The fourth-order valence-corrected chi connectivity index (χ4v) is 5.88. The monoisotopic (exact) mass is 643 g/mol. The Morgan fingerprint density at radius 1 is 0.894 bits per heavy atom. The van der Waals surface area contributed by atoms with E-state index in [4.69, 9.17) is 18.9 Å². The average Bonchev–Trinajstić information content (AvgIpc) is 3.43. The Labute approximate surface area is 278 Å². The first-order valence-electron chi connectivity index (χ1n) is 17.0. The number of urea groups is 1. The number of anilines is 1. The Hall–Kier alpha value is -4.08. The molecule has 5 rings (SSSR count). The van der Waals surface area contributed by atoms with Gasteiger partial charge < -0.3 is 34.5 Å². The van der Waals surface area contributed by atoms with Crippen LogP contribution in [-0.2, 0) is 33.7 Å². The molecule has 0 radical (unpaired) electrons. The molecule has 0 aromatic heterocycles. The van der Waals surface area contributed by atoms with E-state index in [0.29, 0.717) is 26.2 Å². The third kappa shape index (κ3) is 11.0. The number of cyclic esters (lactones) is 1. The van der Waals surface area contributed by atoms with E-state index in [1.165, 1.54) is 11.1 Å². The maximum Gasteiger partial charge on any atom is 0.410 e. The van der Waals surface area contributed by atoms with Crippen molar-refractivity contribution >= 4 is 17.8 Å². The molecule has 2 heterocycles. The minimum atomic E-state index is -0.627. The molecule has 2 N–H and O–H groups in total. The molecule has 9 nitrogen and oxygen atoms in total. The molecule has 2 aliphatic heterocycles. The van der Waals surface area contributed by atoms with Crippen LogP contribution in [0.15, 0.2) is 72.8 Å². The maximum absolute atomic E-state index is 12.5. The van der Waals surface area contributed by atoms with E-state index < -0.39 is 5.79 Å². The number of benzene rings is 3. The van der Waals surface area contributed by atoms with Crippen LogP contribution in [0.5, 0.6) is 5.75 Å². The lowest BCUT2D eigenvalue weighted by Gasteiger charge is -2.32. The molecule has 0 aliphatic carbocycles. The second-order valence-corrected chi connectivity index (χ2v) is 12.8. The largest absolute Gasteiger partial charge is 0.463 e. The highest BCUT2D eigenvalue weighted by atomic mass is 16.7. The van der Waals surface area contributed by atoms with Gasteiger partial charge in [-0.3, -0.25) is 0 Å². The normalized spacial score (nSPS) is 16.7. The molecule has 1 atom stereocenters. The summed E-state index contributed by atoms with van der Waals surface area (Å²) in [6, 6.07) is 23.8. The van der Waals surface area contributed by atoms with Crippen LogP contribution in [0.4, 0.5) is 15.3 Å². The van der Waals surface area contributed by atoms with E-state index in [2.05, 4.69) is 34.9 Å². The maximum atomic E-state index is 12.5. The molecule has 3 aromatic carbocycles. The zero-order valence-corrected chi connectivity index (χ0v) is 27.8. The number of amides is 3. The number of rotatable bonds is 17. The van der Waals surface area contributed by atoms with Crippen LogP contribution in [0.3, 0.4) is 0 Å². The number of unbranched alkanes of at least 4 members (excludes halogenated alkanes) is 4. The van der Waals surface area contributed by atoms with Gasteiger partial charge in [0.15, 0.2) is 0 Å². The number of hydrogen-bond acceptors (Lipinski definition) is 6. The molecule has 1 saturated heterocycles. The Balaban J connectivity index is 0.865. The van der Waals surface area contributed by atoms with E-state index in [0.717, 1.165) is 87.1 Å². The highest BCUT2D eigenvalue weighted by Crippen LogP contribution is 2.35. The zero-order chi connectivity index (χ0) is 32.9. The summed E-state index contributed by atoms with van der Waals surface area (Å²) >= 11 is 0. The van der Waals surface area contributed by atoms with Crippen molar-refractivity contribution in [1.29, 1.82) is 0 Å². The third-order valence-electron chi connectivity index (χ3n) is 8.47. The second-order valence-electron chi connectivity index (χ2n) is 12.8. The quantitative estimate of drug-likeness (QED) is 0.146. The molecule has 0 spiro atoms. The van der Waals surface area contributed by atoms with Gasteiger partial charge in [-0.2, -0.15) is 0 Å². The summed E-state index contributed by atoms with van der Waals surface area (Å²) in [4.78, 5) is 26.4. The molecular weight excluding hydrogens is 594 g/mol. The molecule has 2 aliphatic rings. The van der Waals surface area contributed by atoms with Crippen LogP contribution >= 0.6 is 0 Å². The Kier molecular flexibility index (Phi) is 12.5. The molecule has 0 bridgehead atoms. The minimum Gasteiger partial charge on any atom is -0.463 e. The highest BCUT2D eigenvalue weighted by molar-refractivity contribution is 5.89. The first-order chi connectivity index (χ1) is 22.8. The van der Waals surface area contributed by atoms with Gasteiger partial charge >= 0.3 is 12.1 Å². The lowest BCUT2D eigenvalue weighted by Crippen LogP contribution is -2.35. The fraction of sp³-hybridized carbons (Fsp3) is 0.474. The van der Waals surface area contributed by atoms with Crippen LogP contribution in [0.2, 0.25) is 0 Å². The van der Waals surface area contributed by atoms with Gasteiger partial charge in [-0.15, -0.1) is 0 Å². The first kappa shape index (κ1) is 34.3. The zero-order valence-electron chi connectivity index (χ0n) is 27.8. The van der Waals surface area contributed by atoms with Crippen molar-refractivity contribution in [3.63, 3.8) is 0 Å². The van der Waals surface area contributed by atoms with E-state index in [1.807, 2.05) is 67.3 Å². The van der Waals surface area contributed by atoms with E-state index in [1.54, 1.807) is 0 Å². The Bertz CT molecular complexity index is 1450. The van der Waals surface area contributed by atoms with Gasteiger partial charge in [0.1, 0.15) is 11.9 Å². The summed E-state index contributed by atoms with van der Waals surface area (Å²) in [5.74, 6) is 0.197. The SMILES string of the molecule is CC1(C)OCc2cc([C@@H]3CN(CCCCCCOCCCCc4cccc(CCNC(=O)Nc5ccccc5)c4)C(=O)O3)ccc2O1. The molecule has 3 amide bonds. The summed E-state index contributed by atoms with van der Waals surface area (Å²) in [6.07, 6.45) is 7.56. The van der Waals surface area contributed by atoms with Crippen molar-refractivity contribution < 1.29 is 28.5 Å². The number of fused-ring (bicyclic) bond motifs is 1. The van der Waals surface area contributed by atoms with Gasteiger partial charge in [-0.25, -0.2) is 9.59 Å². The van der Waals surface area contributed by atoms with Gasteiger partial charge in [0.2, 0.25) is 5.79 Å². The van der Waals surface area contributed by atoms with E-state index in [9.17, 15) is 9.59 Å². The number of carbonyl (C=O) groups is 2. The van der Waals surface area contributed by atoms with Gasteiger partial charge in [-0.05, 0) is 79.5 Å². The molecule has 9 heteroatoms. The molecule has 0 saturated carbocycles. The summed E-state index contributed by atoms with van der Waals surface area (Å²) in [5, 5.41) is 5.77. The van der Waals surface area contributed by atoms with Crippen LogP contribution < -0.4 is 15.4 Å². The van der Waals surface area contributed by atoms with Crippen LogP contribution in [-0.4, -0.2) is 55.7 Å². The number of nitrogens with one attached hydrogen (secondary N) is 2. The molecule has 47 heavy (non-hydrogen) atoms. The van der Waals surface area contributed by atoms with Crippen molar-refractivity contribution in [1.82, 2.24) is 10.2 Å². The summed E-state index contributed by atoms with van der Waals surface area (Å²) in [6.45, 7) is 7.71. The van der Waals surface area contributed by atoms with Crippen LogP contribution in [0.1, 0.15) is 80.7 Å². The Morgan fingerprint density at radius 3 is 2.49 bits per heavy atom. The third-order valence-corrected chi connectivity index (χ3v) is 8.47. The van der Waals surface area contributed by atoms with Gasteiger partial charge in [0.05, 0.1) is 13.2 Å². The van der Waals surface area contributed by atoms with E-state index >= 15 is 0 Å². The smallest absolute Gasteiger partial charge is 0.410 e. The predicted octanol–water partition coefficient (Wildman–Crippen LogP) is 7.79. The average molecular weight is 644 g/mol. The molecule has 1 fully saturated rings. The summed E-state index contributed by atoms with van der Waals surface area (Å²) in [7, 11) is 0. The number of hydrogen-bond donors (Lipinski definition) is 2. The second kappa shape index (κ2) is 17.2. The van der Waals surface area contributed by atoms with Crippen LogP contribution in [0.25, 0.3) is 0 Å².